The molecule has 0 unspecified atom stereocenters. The van der Waals surface area contributed by atoms with Gasteiger partial charge in [0.05, 0.1) is 29.8 Å². The SMILES string of the molecule is O=C(COC1CC(OC(F)(F)F)C1)NC12CC(n3cnc(-c4cccc(F)c4)c3)(C1)C2. The third kappa shape index (κ3) is 3.94. The molecular formula is C21H21F4N3O3. The number of benzene rings is 1. The van der Waals surface area contributed by atoms with Crippen LogP contribution in [0.4, 0.5) is 17.6 Å². The smallest absolute Gasteiger partial charge is 0.368 e. The van der Waals surface area contributed by atoms with Gasteiger partial charge in [-0.1, -0.05) is 12.1 Å². The highest BCUT2D eigenvalue weighted by molar-refractivity contribution is 5.79. The first kappa shape index (κ1) is 20.4. The first-order chi connectivity index (χ1) is 14.6. The first-order valence-corrected chi connectivity index (χ1v) is 10.1. The van der Waals surface area contributed by atoms with Crippen LogP contribution in [0.3, 0.4) is 0 Å². The summed E-state index contributed by atoms with van der Waals surface area (Å²) in [6, 6.07) is 6.27. The van der Waals surface area contributed by atoms with Crippen molar-refractivity contribution in [1.82, 2.24) is 14.9 Å². The molecule has 4 saturated carbocycles. The lowest BCUT2D eigenvalue weighted by molar-refractivity contribution is -0.357. The van der Waals surface area contributed by atoms with Crippen molar-refractivity contribution in [3.8, 4) is 11.3 Å². The Morgan fingerprint density at radius 3 is 2.65 bits per heavy atom. The number of imidazole rings is 1. The molecule has 0 saturated heterocycles. The van der Waals surface area contributed by atoms with Crippen LogP contribution < -0.4 is 5.32 Å². The van der Waals surface area contributed by atoms with Crippen molar-refractivity contribution < 1.29 is 31.8 Å². The van der Waals surface area contributed by atoms with Crippen molar-refractivity contribution in [2.75, 3.05) is 6.61 Å². The number of carbonyl (C=O) groups excluding carboxylic acids is 1. The molecular weight excluding hydrogens is 418 g/mol. The average Bonchev–Trinajstić information content (AvgIpc) is 3.07. The van der Waals surface area contributed by atoms with E-state index in [1.54, 1.807) is 18.5 Å². The van der Waals surface area contributed by atoms with Crippen LogP contribution in [-0.4, -0.2) is 46.2 Å². The third-order valence-corrected chi connectivity index (χ3v) is 6.46. The van der Waals surface area contributed by atoms with E-state index in [1.165, 1.54) is 12.1 Å². The fourth-order valence-corrected chi connectivity index (χ4v) is 4.98. The van der Waals surface area contributed by atoms with Gasteiger partial charge in [-0.3, -0.25) is 9.53 Å². The Kier molecular flexibility index (Phi) is 4.63. The number of nitrogens with zero attached hydrogens (tertiary/aromatic N) is 2. The van der Waals surface area contributed by atoms with Crippen LogP contribution in [-0.2, 0) is 19.8 Å². The molecule has 10 heteroatoms. The van der Waals surface area contributed by atoms with E-state index in [2.05, 4.69) is 15.0 Å². The molecule has 0 atom stereocenters. The lowest BCUT2D eigenvalue weighted by atomic mass is 9.44. The zero-order chi connectivity index (χ0) is 21.9. The normalized spacial score (nSPS) is 31.4. The molecule has 0 radical (unpaired) electrons. The standard InChI is InChI=1S/C21H21F4N3O3/c22-14-3-1-2-13(4-14)17-7-28(12-26-17)20-9-19(10-20,11-20)27-18(29)8-30-15-5-16(6-15)31-21(23,24)25/h1-4,7,12,15-16H,5-6,8-11H2,(H,27,29). The molecule has 1 heterocycles. The number of hydrogen-bond donors (Lipinski definition) is 1. The van der Waals surface area contributed by atoms with E-state index in [4.69, 9.17) is 4.74 Å². The van der Waals surface area contributed by atoms with E-state index in [0.717, 1.165) is 19.3 Å². The van der Waals surface area contributed by atoms with Crippen LogP contribution in [0.15, 0.2) is 36.8 Å². The van der Waals surface area contributed by atoms with Crippen molar-refractivity contribution in [1.29, 1.82) is 0 Å². The summed E-state index contributed by atoms with van der Waals surface area (Å²) < 4.78 is 61.1. The minimum atomic E-state index is -4.64. The van der Waals surface area contributed by atoms with Crippen LogP contribution in [0.5, 0.6) is 0 Å². The van der Waals surface area contributed by atoms with Crippen molar-refractivity contribution in [2.45, 2.75) is 61.8 Å². The van der Waals surface area contributed by atoms with Crippen LogP contribution in [0, 0.1) is 5.82 Å². The number of aromatic nitrogens is 2. The molecule has 6 nitrogen and oxygen atoms in total. The lowest BCUT2D eigenvalue weighted by Gasteiger charge is -2.70. The molecule has 6 rings (SSSR count). The summed E-state index contributed by atoms with van der Waals surface area (Å²) in [5, 5.41) is 2.99. The molecule has 1 aromatic heterocycles. The molecule has 4 fully saturated rings. The highest BCUT2D eigenvalue weighted by atomic mass is 19.4. The van der Waals surface area contributed by atoms with Gasteiger partial charge in [0.15, 0.2) is 0 Å². The predicted octanol–water partition coefficient (Wildman–Crippen LogP) is 3.52. The van der Waals surface area contributed by atoms with Gasteiger partial charge in [-0.05, 0) is 31.4 Å². The Balaban J connectivity index is 1.07. The number of nitrogens with one attached hydrogen (secondary N) is 1. The van der Waals surface area contributed by atoms with Crippen molar-refractivity contribution >= 4 is 5.91 Å². The van der Waals surface area contributed by atoms with Gasteiger partial charge >= 0.3 is 6.36 Å². The zero-order valence-corrected chi connectivity index (χ0v) is 16.5. The maximum atomic E-state index is 13.4. The quantitative estimate of drug-likeness (QED) is 0.671. The predicted molar refractivity (Wildman–Crippen MR) is 100 cm³/mol. The topological polar surface area (TPSA) is 65.4 Å². The fourth-order valence-electron chi connectivity index (χ4n) is 4.98. The number of alkyl halides is 3. The monoisotopic (exact) mass is 439 g/mol. The van der Waals surface area contributed by atoms with Crippen LogP contribution in [0.2, 0.25) is 0 Å². The summed E-state index contributed by atoms with van der Waals surface area (Å²) in [6.07, 6.45) is 0.317. The average molecular weight is 439 g/mol. The largest absolute Gasteiger partial charge is 0.522 e. The Morgan fingerprint density at radius 2 is 1.97 bits per heavy atom. The van der Waals surface area contributed by atoms with Crippen LogP contribution in [0.1, 0.15) is 32.1 Å². The maximum Gasteiger partial charge on any atom is 0.522 e. The van der Waals surface area contributed by atoms with Gasteiger partial charge in [-0.2, -0.15) is 0 Å². The third-order valence-electron chi connectivity index (χ3n) is 6.46. The minimum absolute atomic E-state index is 0.0805. The lowest BCUT2D eigenvalue weighted by Crippen LogP contribution is -2.78. The van der Waals surface area contributed by atoms with E-state index < -0.39 is 12.5 Å². The van der Waals surface area contributed by atoms with Gasteiger partial charge in [-0.25, -0.2) is 9.37 Å². The van der Waals surface area contributed by atoms with E-state index in [9.17, 15) is 22.4 Å². The summed E-state index contributed by atoms with van der Waals surface area (Å²) in [5.41, 5.74) is 1.07. The molecule has 0 spiro atoms. The fraction of sp³-hybridized carbons (Fsp3) is 0.524. The summed E-state index contributed by atoms with van der Waals surface area (Å²) >= 11 is 0. The van der Waals surface area contributed by atoms with Gasteiger partial charge in [0, 0.05) is 30.1 Å². The molecule has 4 aliphatic carbocycles. The molecule has 1 amide bonds. The summed E-state index contributed by atoms with van der Waals surface area (Å²) in [4.78, 5) is 16.6. The van der Waals surface area contributed by atoms with Crippen molar-refractivity contribution in [2.24, 2.45) is 0 Å². The van der Waals surface area contributed by atoms with Crippen molar-refractivity contribution in [3.05, 3.63) is 42.6 Å². The zero-order valence-electron chi connectivity index (χ0n) is 16.5. The van der Waals surface area contributed by atoms with Crippen molar-refractivity contribution in [3.63, 3.8) is 0 Å². The van der Waals surface area contributed by atoms with Gasteiger partial charge in [0.25, 0.3) is 0 Å². The minimum Gasteiger partial charge on any atom is -0.368 e. The Bertz CT molecular complexity index is 980. The number of carbonyl (C=O) groups is 1. The summed E-state index contributed by atoms with van der Waals surface area (Å²) in [5.74, 6) is -0.577. The van der Waals surface area contributed by atoms with E-state index in [-0.39, 0.29) is 48.4 Å². The van der Waals surface area contributed by atoms with Gasteiger partial charge in [0.1, 0.15) is 12.4 Å². The second-order valence-electron chi connectivity index (χ2n) is 8.85. The molecule has 31 heavy (non-hydrogen) atoms. The maximum absolute atomic E-state index is 13.4. The molecule has 166 valence electrons. The Morgan fingerprint density at radius 1 is 1.23 bits per heavy atom. The summed E-state index contributed by atoms with van der Waals surface area (Å²) in [6.45, 7) is -0.174. The van der Waals surface area contributed by atoms with Gasteiger partial charge < -0.3 is 14.6 Å². The summed E-state index contributed by atoms with van der Waals surface area (Å²) in [7, 11) is 0. The second kappa shape index (κ2) is 7.03. The Hall–Kier alpha value is -2.46. The van der Waals surface area contributed by atoms with Crippen LogP contribution in [0.25, 0.3) is 11.3 Å². The van der Waals surface area contributed by atoms with Crippen LogP contribution >= 0.6 is 0 Å². The molecule has 1 N–H and O–H groups in total. The number of amides is 1. The number of rotatable bonds is 7. The molecule has 4 aliphatic rings. The second-order valence-corrected chi connectivity index (χ2v) is 8.85. The number of hydrogen-bond acceptors (Lipinski definition) is 4. The van der Waals surface area contributed by atoms with E-state index in [0.29, 0.717) is 11.3 Å². The molecule has 2 bridgehead atoms. The Labute approximate surface area is 175 Å². The van der Waals surface area contributed by atoms with Gasteiger partial charge in [0.2, 0.25) is 5.91 Å². The molecule has 1 aromatic carbocycles. The highest BCUT2D eigenvalue weighted by Crippen LogP contribution is 2.65. The first-order valence-electron chi connectivity index (χ1n) is 10.1. The van der Waals surface area contributed by atoms with E-state index in [1.807, 2.05) is 10.8 Å². The molecule has 2 aromatic rings. The molecule has 0 aliphatic heterocycles. The highest BCUT2D eigenvalue weighted by Gasteiger charge is 2.69. The number of ether oxygens (including phenoxy) is 2. The van der Waals surface area contributed by atoms with E-state index >= 15 is 0 Å². The number of halogens is 4. The van der Waals surface area contributed by atoms with Gasteiger partial charge in [-0.15, -0.1) is 13.2 Å².